The van der Waals surface area contributed by atoms with Gasteiger partial charge in [0.2, 0.25) is 0 Å². The van der Waals surface area contributed by atoms with Gasteiger partial charge in [-0.2, -0.15) is 0 Å². The molecule has 0 aliphatic carbocycles. The highest BCUT2D eigenvalue weighted by Gasteiger charge is 2.24. The van der Waals surface area contributed by atoms with Crippen LogP contribution in [0.3, 0.4) is 0 Å². The second kappa shape index (κ2) is 6.59. The minimum atomic E-state index is -0.986. The molecule has 0 heterocycles. The molecule has 1 unspecified atom stereocenters. The van der Waals surface area contributed by atoms with E-state index in [4.69, 9.17) is 16.3 Å². The summed E-state index contributed by atoms with van der Waals surface area (Å²) in [5.74, 6) is -1.69. The Kier molecular flexibility index (Phi) is 4.81. The summed E-state index contributed by atoms with van der Waals surface area (Å²) in [6, 6.07) is 10.6. The fourth-order valence-electron chi connectivity index (χ4n) is 2.16. The second-order valence-corrected chi connectivity index (χ2v) is 5.04. The van der Waals surface area contributed by atoms with Crippen LogP contribution in [0.1, 0.15) is 17.0 Å². The molecule has 0 saturated heterocycles. The third-order valence-corrected chi connectivity index (χ3v) is 3.45. The number of hydrogen-bond donors (Lipinski definition) is 1. The molecule has 0 spiro atoms. The second-order valence-electron chi connectivity index (χ2n) is 4.61. The van der Waals surface area contributed by atoms with Crippen molar-refractivity contribution in [1.82, 2.24) is 0 Å². The van der Waals surface area contributed by atoms with Gasteiger partial charge >= 0.3 is 5.97 Å². The maximum atomic E-state index is 12.9. The van der Waals surface area contributed by atoms with Crippen molar-refractivity contribution in [3.63, 3.8) is 0 Å². The van der Waals surface area contributed by atoms with E-state index in [0.29, 0.717) is 16.3 Å². The summed E-state index contributed by atoms with van der Waals surface area (Å²) in [5, 5.41) is 9.92. The summed E-state index contributed by atoms with van der Waals surface area (Å²) in [6.45, 7) is 0. The van der Waals surface area contributed by atoms with Crippen molar-refractivity contribution >= 4 is 17.6 Å². The van der Waals surface area contributed by atoms with Gasteiger partial charge in [0, 0.05) is 10.6 Å². The SMILES string of the molecule is COc1ccc(Cl)cc1C(Cc1ccc(F)cc1)C(=O)O. The molecule has 0 aromatic heterocycles. The third-order valence-electron chi connectivity index (χ3n) is 3.22. The Labute approximate surface area is 126 Å². The Morgan fingerprint density at radius 2 is 1.95 bits per heavy atom. The highest BCUT2D eigenvalue weighted by molar-refractivity contribution is 6.30. The normalized spacial score (nSPS) is 12.0. The number of hydrogen-bond acceptors (Lipinski definition) is 2. The summed E-state index contributed by atoms with van der Waals surface area (Å²) in [7, 11) is 1.48. The molecule has 21 heavy (non-hydrogen) atoms. The molecule has 110 valence electrons. The molecule has 0 saturated carbocycles. The smallest absolute Gasteiger partial charge is 0.311 e. The number of carbonyl (C=O) groups is 1. The van der Waals surface area contributed by atoms with Crippen LogP contribution in [0.4, 0.5) is 4.39 Å². The van der Waals surface area contributed by atoms with E-state index >= 15 is 0 Å². The highest BCUT2D eigenvalue weighted by Crippen LogP contribution is 2.32. The van der Waals surface area contributed by atoms with Crippen LogP contribution in [-0.4, -0.2) is 18.2 Å². The number of rotatable bonds is 5. The van der Waals surface area contributed by atoms with E-state index in [-0.39, 0.29) is 12.2 Å². The minimum absolute atomic E-state index is 0.228. The number of ether oxygens (including phenoxy) is 1. The largest absolute Gasteiger partial charge is 0.496 e. The van der Waals surface area contributed by atoms with Gasteiger partial charge in [-0.1, -0.05) is 23.7 Å². The van der Waals surface area contributed by atoms with Gasteiger partial charge in [0.15, 0.2) is 0 Å². The zero-order valence-electron chi connectivity index (χ0n) is 11.3. The van der Waals surface area contributed by atoms with Gasteiger partial charge in [0.05, 0.1) is 13.0 Å². The van der Waals surface area contributed by atoms with Crippen LogP contribution < -0.4 is 4.74 Å². The molecule has 0 radical (unpaired) electrons. The summed E-state index contributed by atoms with van der Waals surface area (Å²) in [5.41, 5.74) is 1.23. The number of carboxylic acids is 1. The molecule has 1 atom stereocenters. The molecule has 0 bridgehead atoms. The van der Waals surface area contributed by atoms with Crippen molar-refractivity contribution in [2.75, 3.05) is 7.11 Å². The first kappa shape index (κ1) is 15.3. The van der Waals surface area contributed by atoms with E-state index in [1.165, 1.54) is 19.2 Å². The molecule has 2 aromatic rings. The van der Waals surface area contributed by atoms with Crippen molar-refractivity contribution in [3.8, 4) is 5.75 Å². The molecule has 3 nitrogen and oxygen atoms in total. The fraction of sp³-hybridized carbons (Fsp3) is 0.188. The maximum Gasteiger partial charge on any atom is 0.311 e. The average Bonchev–Trinajstić information content (AvgIpc) is 2.46. The van der Waals surface area contributed by atoms with Gasteiger partial charge in [0.1, 0.15) is 11.6 Å². The lowest BCUT2D eigenvalue weighted by Crippen LogP contribution is -2.15. The third kappa shape index (κ3) is 3.73. The molecule has 2 rings (SSSR count). The van der Waals surface area contributed by atoms with Gasteiger partial charge in [-0.25, -0.2) is 4.39 Å². The predicted octanol–water partition coefficient (Wildman–Crippen LogP) is 3.90. The number of benzene rings is 2. The van der Waals surface area contributed by atoms with Crippen molar-refractivity contribution in [1.29, 1.82) is 0 Å². The van der Waals surface area contributed by atoms with Gasteiger partial charge in [-0.3, -0.25) is 4.79 Å². The number of aliphatic carboxylic acids is 1. The van der Waals surface area contributed by atoms with Crippen LogP contribution in [0.5, 0.6) is 5.75 Å². The first-order valence-electron chi connectivity index (χ1n) is 6.32. The van der Waals surface area contributed by atoms with Gasteiger partial charge in [0.25, 0.3) is 0 Å². The summed E-state index contributed by atoms with van der Waals surface area (Å²) >= 11 is 5.95. The zero-order chi connectivity index (χ0) is 15.4. The molecular formula is C16H14ClFO3. The highest BCUT2D eigenvalue weighted by atomic mass is 35.5. The molecule has 0 aliphatic heterocycles. The fourth-order valence-corrected chi connectivity index (χ4v) is 2.34. The van der Waals surface area contributed by atoms with E-state index in [0.717, 1.165) is 5.56 Å². The molecule has 5 heteroatoms. The minimum Gasteiger partial charge on any atom is -0.496 e. The Morgan fingerprint density at radius 3 is 2.52 bits per heavy atom. The molecule has 0 fully saturated rings. The maximum absolute atomic E-state index is 12.9. The lowest BCUT2D eigenvalue weighted by molar-refractivity contribution is -0.138. The summed E-state index contributed by atoms with van der Waals surface area (Å²) in [6.07, 6.45) is 0.228. The Bertz CT molecular complexity index is 640. The van der Waals surface area contributed by atoms with E-state index in [1.807, 2.05) is 0 Å². The molecule has 0 aliphatic rings. The number of methoxy groups -OCH3 is 1. The van der Waals surface area contributed by atoms with Crippen LogP contribution in [0.15, 0.2) is 42.5 Å². The van der Waals surface area contributed by atoms with Crippen molar-refractivity contribution in [2.24, 2.45) is 0 Å². The average molecular weight is 309 g/mol. The lowest BCUT2D eigenvalue weighted by atomic mass is 9.91. The van der Waals surface area contributed by atoms with Crippen LogP contribution in [0.2, 0.25) is 5.02 Å². The topological polar surface area (TPSA) is 46.5 Å². The Balaban J connectivity index is 2.37. The lowest BCUT2D eigenvalue weighted by Gasteiger charge is -2.16. The first-order chi connectivity index (χ1) is 10.0. The van der Waals surface area contributed by atoms with Crippen molar-refractivity contribution in [2.45, 2.75) is 12.3 Å². The monoisotopic (exact) mass is 308 g/mol. The van der Waals surface area contributed by atoms with Crippen LogP contribution >= 0.6 is 11.6 Å². The van der Waals surface area contributed by atoms with Crippen LogP contribution in [0.25, 0.3) is 0 Å². The predicted molar refractivity (Wildman–Crippen MR) is 78.5 cm³/mol. The Morgan fingerprint density at radius 1 is 1.29 bits per heavy atom. The van der Waals surface area contributed by atoms with Gasteiger partial charge in [-0.05, 0) is 42.3 Å². The van der Waals surface area contributed by atoms with Crippen molar-refractivity contribution < 1.29 is 19.0 Å². The van der Waals surface area contributed by atoms with E-state index < -0.39 is 11.9 Å². The molecule has 1 N–H and O–H groups in total. The molecular weight excluding hydrogens is 295 g/mol. The first-order valence-corrected chi connectivity index (χ1v) is 6.69. The number of halogens is 2. The summed E-state index contributed by atoms with van der Waals surface area (Å²) in [4.78, 5) is 11.6. The Hall–Kier alpha value is -2.07. The van der Waals surface area contributed by atoms with E-state index in [1.54, 1.807) is 30.3 Å². The number of carboxylic acid groups (broad SMARTS) is 1. The molecule has 0 amide bonds. The van der Waals surface area contributed by atoms with Crippen LogP contribution in [-0.2, 0) is 11.2 Å². The zero-order valence-corrected chi connectivity index (χ0v) is 12.1. The van der Waals surface area contributed by atoms with E-state index in [2.05, 4.69) is 0 Å². The molecule has 2 aromatic carbocycles. The van der Waals surface area contributed by atoms with Gasteiger partial charge in [-0.15, -0.1) is 0 Å². The van der Waals surface area contributed by atoms with Crippen molar-refractivity contribution in [3.05, 3.63) is 64.4 Å². The standard InChI is InChI=1S/C16H14ClFO3/c1-21-15-7-4-11(17)9-13(15)14(16(19)20)8-10-2-5-12(18)6-3-10/h2-7,9,14H,8H2,1H3,(H,19,20). The van der Waals surface area contributed by atoms with E-state index in [9.17, 15) is 14.3 Å². The van der Waals surface area contributed by atoms with Gasteiger partial charge < -0.3 is 9.84 Å². The summed E-state index contributed by atoms with van der Waals surface area (Å²) < 4.78 is 18.1. The quantitative estimate of drug-likeness (QED) is 0.911. The van der Waals surface area contributed by atoms with Crippen LogP contribution in [0, 0.1) is 5.82 Å².